The zero-order valence-electron chi connectivity index (χ0n) is 8.56. The highest BCUT2D eigenvalue weighted by Gasteiger charge is 2.11. The zero-order valence-corrected chi connectivity index (χ0v) is 9.31. The minimum Gasteiger partial charge on any atom is -0.496 e. The van der Waals surface area contributed by atoms with Gasteiger partial charge in [-0.1, -0.05) is 11.6 Å². The first-order valence-electron chi connectivity index (χ1n) is 4.38. The monoisotopic (exact) mass is 212 g/mol. The summed E-state index contributed by atoms with van der Waals surface area (Å²) in [5, 5.41) is 0.681. The molecule has 14 heavy (non-hydrogen) atoms. The number of rotatable bonds is 3. The number of ether oxygens (including phenoxy) is 1. The Hall–Kier alpha value is -1.02. The smallest absolute Gasteiger partial charge is 0.125 e. The van der Waals surface area contributed by atoms with Crippen molar-refractivity contribution in [3.63, 3.8) is 0 Å². The molecule has 3 heteroatoms. The molecule has 2 nitrogen and oxygen atoms in total. The lowest BCUT2D eigenvalue weighted by molar-refractivity contribution is -0.107. The van der Waals surface area contributed by atoms with Crippen molar-refractivity contribution in [2.45, 2.75) is 20.3 Å². The van der Waals surface area contributed by atoms with Gasteiger partial charge in [0.25, 0.3) is 0 Å². The van der Waals surface area contributed by atoms with Crippen molar-refractivity contribution in [3.8, 4) is 5.75 Å². The molecule has 0 heterocycles. The van der Waals surface area contributed by atoms with E-state index in [0.717, 1.165) is 28.7 Å². The van der Waals surface area contributed by atoms with E-state index in [2.05, 4.69) is 0 Å². The van der Waals surface area contributed by atoms with Crippen molar-refractivity contribution < 1.29 is 9.53 Å². The van der Waals surface area contributed by atoms with E-state index in [1.165, 1.54) is 0 Å². The average Bonchev–Trinajstić information content (AvgIpc) is 2.16. The Labute approximate surface area is 88.8 Å². The highest BCUT2D eigenvalue weighted by atomic mass is 35.5. The van der Waals surface area contributed by atoms with E-state index in [1.807, 2.05) is 13.8 Å². The molecule has 0 saturated heterocycles. The number of hydrogen-bond acceptors (Lipinski definition) is 2. The first-order valence-corrected chi connectivity index (χ1v) is 4.75. The van der Waals surface area contributed by atoms with Gasteiger partial charge in [0.05, 0.1) is 7.11 Å². The first-order chi connectivity index (χ1) is 6.61. The molecule has 1 aromatic rings. The lowest BCUT2D eigenvalue weighted by Crippen LogP contribution is -1.98. The molecule has 0 N–H and O–H groups in total. The number of aldehydes is 1. The van der Waals surface area contributed by atoms with Crippen LogP contribution in [0.3, 0.4) is 0 Å². The van der Waals surface area contributed by atoms with Gasteiger partial charge in [0.2, 0.25) is 0 Å². The SMILES string of the molecule is COc1c(CC=O)cc(Cl)c(C)c1C. The molecule has 1 rings (SSSR count). The van der Waals surface area contributed by atoms with E-state index in [-0.39, 0.29) is 0 Å². The highest BCUT2D eigenvalue weighted by Crippen LogP contribution is 2.31. The van der Waals surface area contributed by atoms with Gasteiger partial charge in [0, 0.05) is 17.0 Å². The van der Waals surface area contributed by atoms with Gasteiger partial charge in [-0.3, -0.25) is 0 Å². The summed E-state index contributed by atoms with van der Waals surface area (Å²) in [7, 11) is 1.60. The molecule has 0 saturated carbocycles. The Morgan fingerprint density at radius 2 is 2.07 bits per heavy atom. The van der Waals surface area contributed by atoms with E-state index in [1.54, 1.807) is 13.2 Å². The normalized spacial score (nSPS) is 10.0. The second-order valence-corrected chi connectivity index (χ2v) is 3.58. The van der Waals surface area contributed by atoms with Crippen molar-refractivity contribution in [2.75, 3.05) is 7.11 Å². The van der Waals surface area contributed by atoms with Crippen LogP contribution in [0.4, 0.5) is 0 Å². The summed E-state index contributed by atoms with van der Waals surface area (Å²) in [6, 6.07) is 1.79. The molecule has 0 spiro atoms. The Morgan fingerprint density at radius 1 is 1.43 bits per heavy atom. The Bertz CT molecular complexity index is 359. The molecule has 0 radical (unpaired) electrons. The lowest BCUT2D eigenvalue weighted by Gasteiger charge is -2.13. The lowest BCUT2D eigenvalue weighted by atomic mass is 10.0. The standard InChI is InChI=1S/C11H13ClO2/c1-7-8(2)11(14-3)9(4-5-13)6-10(7)12/h5-6H,4H2,1-3H3. The fourth-order valence-corrected chi connectivity index (χ4v) is 1.72. The van der Waals surface area contributed by atoms with Crippen LogP contribution in [0.25, 0.3) is 0 Å². The van der Waals surface area contributed by atoms with Gasteiger partial charge in [-0.05, 0) is 31.0 Å². The van der Waals surface area contributed by atoms with Gasteiger partial charge in [0.1, 0.15) is 12.0 Å². The third kappa shape index (κ3) is 1.90. The Kier molecular flexibility index (Phi) is 3.53. The summed E-state index contributed by atoms with van der Waals surface area (Å²) < 4.78 is 5.25. The molecule has 0 aliphatic heterocycles. The minimum absolute atomic E-state index is 0.337. The molecule has 0 atom stereocenters. The fraction of sp³-hybridized carbons (Fsp3) is 0.364. The molecule has 76 valence electrons. The molecule has 0 aromatic heterocycles. The van der Waals surface area contributed by atoms with Crippen LogP contribution in [-0.4, -0.2) is 13.4 Å². The van der Waals surface area contributed by atoms with Gasteiger partial charge < -0.3 is 9.53 Å². The number of methoxy groups -OCH3 is 1. The third-order valence-electron chi connectivity index (χ3n) is 2.36. The summed E-state index contributed by atoms with van der Waals surface area (Å²) >= 11 is 6.01. The molecule has 0 amide bonds. The maximum Gasteiger partial charge on any atom is 0.125 e. The number of halogens is 1. The molecular formula is C11H13ClO2. The van der Waals surface area contributed by atoms with Crippen LogP contribution in [0.15, 0.2) is 6.07 Å². The molecule has 0 unspecified atom stereocenters. The van der Waals surface area contributed by atoms with Crippen LogP contribution in [0, 0.1) is 13.8 Å². The quantitative estimate of drug-likeness (QED) is 0.721. The summed E-state index contributed by atoms with van der Waals surface area (Å²) in [5.74, 6) is 0.763. The third-order valence-corrected chi connectivity index (χ3v) is 2.75. The summed E-state index contributed by atoms with van der Waals surface area (Å²) in [4.78, 5) is 10.5. The predicted octanol–water partition coefficient (Wildman–Crippen LogP) is 2.71. The van der Waals surface area contributed by atoms with Gasteiger partial charge in [-0.2, -0.15) is 0 Å². The van der Waals surface area contributed by atoms with Gasteiger partial charge in [0.15, 0.2) is 0 Å². The van der Waals surface area contributed by atoms with Crippen LogP contribution in [0.1, 0.15) is 16.7 Å². The maximum absolute atomic E-state index is 10.5. The molecule has 0 bridgehead atoms. The maximum atomic E-state index is 10.5. The van der Waals surface area contributed by atoms with E-state index >= 15 is 0 Å². The van der Waals surface area contributed by atoms with E-state index in [0.29, 0.717) is 11.4 Å². The Morgan fingerprint density at radius 3 is 2.57 bits per heavy atom. The van der Waals surface area contributed by atoms with Gasteiger partial charge >= 0.3 is 0 Å². The molecule has 0 fully saturated rings. The average molecular weight is 213 g/mol. The van der Waals surface area contributed by atoms with Crippen molar-refractivity contribution in [3.05, 3.63) is 27.8 Å². The minimum atomic E-state index is 0.337. The van der Waals surface area contributed by atoms with E-state index < -0.39 is 0 Å². The summed E-state index contributed by atoms with van der Waals surface area (Å²) in [6.45, 7) is 3.87. The van der Waals surface area contributed by atoms with Crippen molar-refractivity contribution >= 4 is 17.9 Å². The second-order valence-electron chi connectivity index (χ2n) is 3.17. The van der Waals surface area contributed by atoms with Crippen LogP contribution < -0.4 is 4.74 Å². The topological polar surface area (TPSA) is 26.3 Å². The number of carbonyl (C=O) groups is 1. The largest absolute Gasteiger partial charge is 0.496 e. The highest BCUT2D eigenvalue weighted by molar-refractivity contribution is 6.31. The van der Waals surface area contributed by atoms with E-state index in [9.17, 15) is 4.79 Å². The van der Waals surface area contributed by atoms with E-state index in [4.69, 9.17) is 16.3 Å². The van der Waals surface area contributed by atoms with Crippen LogP contribution >= 0.6 is 11.6 Å². The van der Waals surface area contributed by atoms with Gasteiger partial charge in [-0.25, -0.2) is 0 Å². The van der Waals surface area contributed by atoms with Crippen LogP contribution in [0.2, 0.25) is 5.02 Å². The predicted molar refractivity (Wildman–Crippen MR) is 57.2 cm³/mol. The fourth-order valence-electron chi connectivity index (χ4n) is 1.44. The number of hydrogen-bond donors (Lipinski definition) is 0. The number of carbonyl (C=O) groups excluding carboxylic acids is 1. The first kappa shape index (κ1) is 11.1. The molecular weight excluding hydrogens is 200 g/mol. The molecule has 0 aliphatic rings. The van der Waals surface area contributed by atoms with Crippen LogP contribution in [-0.2, 0) is 11.2 Å². The molecule has 0 aliphatic carbocycles. The van der Waals surface area contributed by atoms with Crippen molar-refractivity contribution in [2.24, 2.45) is 0 Å². The number of benzene rings is 1. The van der Waals surface area contributed by atoms with Gasteiger partial charge in [-0.15, -0.1) is 0 Å². The van der Waals surface area contributed by atoms with Crippen molar-refractivity contribution in [1.82, 2.24) is 0 Å². The molecule has 1 aromatic carbocycles. The summed E-state index contributed by atoms with van der Waals surface area (Å²) in [6.07, 6.45) is 1.19. The van der Waals surface area contributed by atoms with Crippen molar-refractivity contribution in [1.29, 1.82) is 0 Å². The van der Waals surface area contributed by atoms with Crippen LogP contribution in [0.5, 0.6) is 5.75 Å². The zero-order chi connectivity index (χ0) is 10.7. The summed E-state index contributed by atoms with van der Waals surface area (Å²) in [5.41, 5.74) is 2.84. The Balaban J connectivity index is 3.35. The second kappa shape index (κ2) is 4.47.